The van der Waals surface area contributed by atoms with Gasteiger partial charge in [-0.3, -0.25) is 4.79 Å². The number of rotatable bonds is 3. The maximum atomic E-state index is 12.8. The summed E-state index contributed by atoms with van der Waals surface area (Å²) in [5.74, 6) is 0.234. The van der Waals surface area contributed by atoms with Crippen molar-refractivity contribution < 1.29 is 14.7 Å². The van der Waals surface area contributed by atoms with Crippen molar-refractivity contribution in [1.82, 2.24) is 4.90 Å². The van der Waals surface area contributed by atoms with Crippen molar-refractivity contribution in [1.29, 1.82) is 0 Å². The summed E-state index contributed by atoms with van der Waals surface area (Å²) < 4.78 is 0. The molecule has 2 aliphatic carbocycles. The Balaban J connectivity index is 1.73. The molecule has 20 heavy (non-hydrogen) atoms. The van der Waals surface area contributed by atoms with Crippen molar-refractivity contribution in [2.45, 2.75) is 56.0 Å². The highest BCUT2D eigenvalue weighted by molar-refractivity contribution is 8.00. The molecule has 2 atom stereocenters. The molecule has 3 aliphatic rings. The minimum absolute atomic E-state index is 0.0170. The second-order valence-electron chi connectivity index (χ2n) is 6.27. The van der Waals surface area contributed by atoms with Gasteiger partial charge in [0.2, 0.25) is 5.91 Å². The van der Waals surface area contributed by atoms with Gasteiger partial charge in [-0.25, -0.2) is 4.79 Å². The monoisotopic (exact) mass is 298 g/mol. The lowest BCUT2D eigenvalue weighted by molar-refractivity contribution is -0.151. The molecule has 0 aromatic rings. The Morgan fingerprint density at radius 3 is 2.30 bits per heavy atom. The van der Waals surface area contributed by atoms with E-state index in [2.05, 4.69) is 0 Å². The fourth-order valence-corrected chi connectivity index (χ4v) is 4.96. The summed E-state index contributed by atoms with van der Waals surface area (Å²) in [4.78, 5) is 25.9. The van der Waals surface area contributed by atoms with Gasteiger partial charge < -0.3 is 15.7 Å². The highest BCUT2D eigenvalue weighted by atomic mass is 32.2. The van der Waals surface area contributed by atoms with Gasteiger partial charge in [-0.05, 0) is 44.4 Å². The van der Waals surface area contributed by atoms with E-state index < -0.39 is 12.0 Å². The van der Waals surface area contributed by atoms with Crippen LogP contribution in [0.1, 0.15) is 38.5 Å². The summed E-state index contributed by atoms with van der Waals surface area (Å²) in [5, 5.41) is 9.46. The second-order valence-corrected chi connectivity index (χ2v) is 7.42. The molecule has 5 nitrogen and oxygen atoms in total. The number of carbonyl (C=O) groups excluding carboxylic acids is 1. The van der Waals surface area contributed by atoms with E-state index in [1.807, 2.05) is 0 Å². The molecule has 0 bridgehead atoms. The summed E-state index contributed by atoms with van der Waals surface area (Å²) in [6.45, 7) is 0. The minimum Gasteiger partial charge on any atom is -0.480 e. The molecule has 0 spiro atoms. The van der Waals surface area contributed by atoms with Gasteiger partial charge in [0.1, 0.15) is 6.04 Å². The number of hydrogen-bond donors (Lipinski definition) is 2. The first-order valence-electron chi connectivity index (χ1n) is 7.50. The number of nitrogens with two attached hydrogens (primary N) is 1. The predicted octanol–water partition coefficient (Wildman–Crippen LogP) is 1.27. The molecule has 3 rings (SSSR count). The Bertz CT molecular complexity index is 405. The summed E-state index contributed by atoms with van der Waals surface area (Å²) in [6.07, 6.45) is 5.63. The topological polar surface area (TPSA) is 83.6 Å². The Morgan fingerprint density at radius 1 is 1.10 bits per heavy atom. The third-order valence-electron chi connectivity index (χ3n) is 4.72. The molecule has 0 aromatic carbocycles. The van der Waals surface area contributed by atoms with Crippen LogP contribution >= 0.6 is 11.8 Å². The molecule has 3 fully saturated rings. The quantitative estimate of drug-likeness (QED) is 0.820. The molecular weight excluding hydrogens is 276 g/mol. The maximum absolute atomic E-state index is 12.8. The van der Waals surface area contributed by atoms with Crippen LogP contribution in [0.5, 0.6) is 0 Å². The molecule has 0 radical (unpaired) electrons. The Labute approximate surface area is 123 Å². The van der Waals surface area contributed by atoms with Gasteiger partial charge in [-0.1, -0.05) is 0 Å². The van der Waals surface area contributed by atoms with E-state index in [9.17, 15) is 14.7 Å². The number of nitrogens with zero attached hydrogens (tertiary/aromatic N) is 1. The average molecular weight is 298 g/mol. The van der Waals surface area contributed by atoms with Crippen molar-refractivity contribution in [3.05, 3.63) is 0 Å². The highest BCUT2D eigenvalue weighted by Gasteiger charge is 2.49. The van der Waals surface area contributed by atoms with Gasteiger partial charge >= 0.3 is 5.97 Å². The third-order valence-corrected chi connectivity index (χ3v) is 6.18. The molecule has 1 aliphatic heterocycles. The first-order chi connectivity index (χ1) is 9.58. The number of thioether (sulfide) groups is 1. The van der Waals surface area contributed by atoms with Crippen molar-refractivity contribution in [2.75, 3.05) is 5.75 Å². The molecule has 0 aromatic heterocycles. The van der Waals surface area contributed by atoms with Crippen LogP contribution in [0.3, 0.4) is 0 Å². The highest BCUT2D eigenvalue weighted by Crippen LogP contribution is 2.46. The average Bonchev–Trinajstić information content (AvgIpc) is 3.17. The molecule has 1 saturated heterocycles. The maximum Gasteiger partial charge on any atom is 0.327 e. The van der Waals surface area contributed by atoms with E-state index in [4.69, 9.17) is 5.73 Å². The standard InChI is InChI=1S/C14H22N2O3S/c15-10-5-3-8(4-6-10)12(17)16-11(14(18)19)7-20-13(16)9-1-2-9/h8-11,13H,1-7,15H2,(H,18,19). The second kappa shape index (κ2) is 5.56. The van der Waals surface area contributed by atoms with Gasteiger partial charge in [-0.15, -0.1) is 11.8 Å². The predicted molar refractivity (Wildman–Crippen MR) is 77.2 cm³/mol. The van der Waals surface area contributed by atoms with Crippen molar-refractivity contribution >= 4 is 23.6 Å². The molecule has 112 valence electrons. The smallest absolute Gasteiger partial charge is 0.327 e. The molecule has 1 heterocycles. The Morgan fingerprint density at radius 2 is 1.75 bits per heavy atom. The first kappa shape index (κ1) is 14.2. The number of carbonyl (C=O) groups is 2. The zero-order valence-corrected chi connectivity index (χ0v) is 12.3. The van der Waals surface area contributed by atoms with Crippen LogP contribution in [0.15, 0.2) is 0 Å². The first-order valence-corrected chi connectivity index (χ1v) is 8.55. The van der Waals surface area contributed by atoms with Crippen LogP contribution in [-0.2, 0) is 9.59 Å². The molecule has 6 heteroatoms. The summed E-state index contributed by atoms with van der Waals surface area (Å²) in [7, 11) is 0. The van der Waals surface area contributed by atoms with E-state index in [0.29, 0.717) is 11.7 Å². The Hall–Kier alpha value is -0.750. The van der Waals surface area contributed by atoms with E-state index in [1.54, 1.807) is 16.7 Å². The summed E-state index contributed by atoms with van der Waals surface area (Å²) >= 11 is 1.65. The minimum atomic E-state index is -0.860. The Kier molecular flexibility index (Phi) is 3.95. The molecule has 3 N–H and O–H groups in total. The van der Waals surface area contributed by atoms with Gasteiger partial charge in [0.25, 0.3) is 0 Å². The molecule has 1 amide bonds. The summed E-state index contributed by atoms with van der Waals surface area (Å²) in [6, 6.07) is -0.421. The van der Waals surface area contributed by atoms with Crippen LogP contribution in [0.25, 0.3) is 0 Å². The fourth-order valence-electron chi connectivity index (χ4n) is 3.32. The number of aliphatic carboxylic acids is 1. The number of carboxylic acids is 1. The van der Waals surface area contributed by atoms with E-state index >= 15 is 0 Å². The van der Waals surface area contributed by atoms with Crippen LogP contribution < -0.4 is 5.73 Å². The van der Waals surface area contributed by atoms with Crippen molar-refractivity contribution in [2.24, 2.45) is 17.6 Å². The van der Waals surface area contributed by atoms with E-state index in [0.717, 1.165) is 38.5 Å². The molecular formula is C14H22N2O3S. The number of hydrogen-bond acceptors (Lipinski definition) is 4. The largest absolute Gasteiger partial charge is 0.480 e. The molecule has 2 unspecified atom stereocenters. The third kappa shape index (κ3) is 2.68. The van der Waals surface area contributed by atoms with Crippen molar-refractivity contribution in [3.8, 4) is 0 Å². The lowest BCUT2D eigenvalue weighted by atomic mass is 9.85. The SMILES string of the molecule is NC1CCC(C(=O)N2C(C(=O)O)CSC2C2CC2)CC1. The summed E-state index contributed by atoms with van der Waals surface area (Å²) in [5.41, 5.74) is 5.89. The van der Waals surface area contributed by atoms with Crippen LogP contribution in [0.4, 0.5) is 0 Å². The fraction of sp³-hybridized carbons (Fsp3) is 0.857. The number of amides is 1. The lowest BCUT2D eigenvalue weighted by Gasteiger charge is -2.33. The van der Waals surface area contributed by atoms with Gasteiger partial charge in [0.05, 0.1) is 5.37 Å². The van der Waals surface area contributed by atoms with Gasteiger partial charge in [-0.2, -0.15) is 0 Å². The molecule has 2 saturated carbocycles. The van der Waals surface area contributed by atoms with E-state index in [1.165, 1.54) is 0 Å². The van der Waals surface area contributed by atoms with Crippen LogP contribution in [0.2, 0.25) is 0 Å². The normalized spacial score (nSPS) is 38.0. The van der Waals surface area contributed by atoms with Gasteiger partial charge in [0, 0.05) is 17.7 Å². The zero-order valence-electron chi connectivity index (χ0n) is 11.5. The zero-order chi connectivity index (χ0) is 14.3. The number of carboxylic acid groups (broad SMARTS) is 1. The van der Waals surface area contributed by atoms with Crippen molar-refractivity contribution in [3.63, 3.8) is 0 Å². The van der Waals surface area contributed by atoms with Gasteiger partial charge in [0.15, 0.2) is 0 Å². The lowest BCUT2D eigenvalue weighted by Crippen LogP contribution is -2.49. The van der Waals surface area contributed by atoms with Crippen LogP contribution in [-0.4, -0.2) is 45.1 Å². The van der Waals surface area contributed by atoms with Crippen LogP contribution in [0, 0.1) is 11.8 Å². The van der Waals surface area contributed by atoms with E-state index in [-0.39, 0.29) is 23.2 Å².